The molecule has 7 heteroatoms. The Morgan fingerprint density at radius 2 is 2.44 bits per heavy atom. The van der Waals surface area contributed by atoms with E-state index >= 15 is 0 Å². The molecule has 1 aromatic rings. The van der Waals surface area contributed by atoms with Crippen LogP contribution in [-0.2, 0) is 15.9 Å². The van der Waals surface area contributed by atoms with Crippen molar-refractivity contribution in [3.05, 3.63) is 22.4 Å². The first-order valence-corrected chi connectivity index (χ1v) is 6.29. The average Bonchev–Trinajstić information content (AvgIpc) is 2.28. The fourth-order valence-electron chi connectivity index (χ4n) is 1.45. The predicted octanol–water partition coefficient (Wildman–Crippen LogP) is 1.33. The number of carbonyl (C=O) groups is 1. The minimum Gasteiger partial charge on any atom is -0.441 e. The van der Waals surface area contributed by atoms with Gasteiger partial charge in [-0.05, 0) is 22.0 Å². The molecule has 0 spiro atoms. The summed E-state index contributed by atoms with van der Waals surface area (Å²) in [5.74, 6) is 0. The van der Waals surface area contributed by atoms with Gasteiger partial charge in [0.2, 0.25) is 0 Å². The maximum Gasteiger partial charge on any atom is 0.412 e. The lowest BCUT2D eigenvalue weighted by molar-refractivity contribution is -0.0951. The third-order valence-corrected chi connectivity index (χ3v) is 2.84. The molecule has 0 aromatic carbocycles. The fraction of sp³-hybridized carbons (Fsp3) is 0.455. The Morgan fingerprint density at radius 3 is 3.06 bits per heavy atom. The maximum atomic E-state index is 11.6. The molecule has 2 N–H and O–H groups in total. The first-order chi connectivity index (χ1) is 8.69. The molecular weight excluding hydrogens is 304 g/mol. The molecule has 0 unspecified atom stereocenters. The predicted molar refractivity (Wildman–Crippen MR) is 67.4 cm³/mol. The summed E-state index contributed by atoms with van der Waals surface area (Å²) in [5.41, 5.74) is 1.14. The number of aliphatic hydroxyl groups excluding tert-OH is 1. The largest absolute Gasteiger partial charge is 0.441 e. The van der Waals surface area contributed by atoms with Crippen LogP contribution in [-0.4, -0.2) is 42.1 Å². The lowest BCUT2D eigenvalue weighted by Crippen LogP contribution is -2.39. The van der Waals surface area contributed by atoms with E-state index in [1.807, 2.05) is 0 Å². The van der Waals surface area contributed by atoms with E-state index in [9.17, 15) is 4.79 Å². The summed E-state index contributed by atoms with van der Waals surface area (Å²) in [6.07, 6.45) is 1.27. The van der Waals surface area contributed by atoms with Gasteiger partial charge >= 0.3 is 6.09 Å². The van der Waals surface area contributed by atoms with Crippen molar-refractivity contribution in [3.8, 4) is 0 Å². The number of nitrogens with zero attached hydrogens (tertiary/aromatic N) is 1. The van der Waals surface area contributed by atoms with Crippen molar-refractivity contribution in [2.24, 2.45) is 0 Å². The van der Waals surface area contributed by atoms with E-state index in [-0.39, 0.29) is 12.7 Å². The quantitative estimate of drug-likeness (QED) is 0.875. The second-order valence-corrected chi connectivity index (χ2v) is 4.73. The van der Waals surface area contributed by atoms with Crippen LogP contribution in [0, 0.1) is 0 Å². The molecule has 0 aliphatic carbocycles. The lowest BCUT2D eigenvalue weighted by atomic mass is 10.2. The van der Waals surface area contributed by atoms with E-state index < -0.39 is 6.09 Å². The Hall–Kier alpha value is -1.18. The highest BCUT2D eigenvalue weighted by atomic mass is 79.9. The Morgan fingerprint density at radius 1 is 1.67 bits per heavy atom. The van der Waals surface area contributed by atoms with Crippen LogP contribution in [0.1, 0.15) is 5.69 Å². The number of carbonyl (C=O) groups excluding carboxylic acids is 1. The zero-order valence-corrected chi connectivity index (χ0v) is 11.1. The second-order valence-electron chi connectivity index (χ2n) is 3.81. The van der Waals surface area contributed by atoms with Crippen LogP contribution >= 0.6 is 15.9 Å². The number of anilines is 1. The number of halogens is 1. The van der Waals surface area contributed by atoms with Gasteiger partial charge < -0.3 is 14.6 Å². The first-order valence-electron chi connectivity index (χ1n) is 5.49. The number of rotatable bonds is 4. The topological polar surface area (TPSA) is 80.7 Å². The molecule has 0 atom stereocenters. The average molecular weight is 317 g/mol. The Balaban J connectivity index is 2.01. The highest BCUT2D eigenvalue weighted by molar-refractivity contribution is 9.10. The van der Waals surface area contributed by atoms with Gasteiger partial charge in [0.1, 0.15) is 0 Å². The normalized spacial score (nSPS) is 15.0. The standard InChI is InChI=1S/C11H13BrN2O4/c12-7-3-10(9(1-2-15)13-4-7)14-11(16)18-8-5-17-6-8/h3-4,8,15H,1-2,5-6H2,(H,14,16). The minimum absolute atomic E-state index is 0.0329. The number of pyridine rings is 1. The molecule has 1 amide bonds. The van der Waals surface area contributed by atoms with Gasteiger partial charge in [-0.2, -0.15) is 0 Å². The zero-order chi connectivity index (χ0) is 13.0. The van der Waals surface area contributed by atoms with Crippen LogP contribution in [0.25, 0.3) is 0 Å². The summed E-state index contributed by atoms with van der Waals surface area (Å²) in [7, 11) is 0. The van der Waals surface area contributed by atoms with Crippen molar-refractivity contribution in [2.75, 3.05) is 25.1 Å². The molecular formula is C11H13BrN2O4. The molecule has 0 radical (unpaired) electrons. The minimum atomic E-state index is -0.539. The van der Waals surface area contributed by atoms with Gasteiger partial charge in [-0.3, -0.25) is 10.3 Å². The SMILES string of the molecule is O=C(Nc1cc(Br)cnc1CCO)OC1COC1. The van der Waals surface area contributed by atoms with Gasteiger partial charge in [0.25, 0.3) is 0 Å². The Bertz CT molecular complexity index is 437. The molecule has 0 bridgehead atoms. The summed E-state index contributed by atoms with van der Waals surface area (Å²) in [6, 6.07) is 1.72. The van der Waals surface area contributed by atoms with Crippen molar-refractivity contribution in [1.82, 2.24) is 4.98 Å². The summed E-state index contributed by atoms with van der Waals surface area (Å²) in [6.45, 7) is 0.843. The van der Waals surface area contributed by atoms with Crippen LogP contribution in [0.3, 0.4) is 0 Å². The molecule has 2 heterocycles. The third kappa shape index (κ3) is 3.41. The van der Waals surface area contributed by atoms with Crippen LogP contribution in [0.5, 0.6) is 0 Å². The number of amides is 1. The van der Waals surface area contributed by atoms with Gasteiger partial charge in [0.05, 0.1) is 24.6 Å². The number of hydrogen-bond donors (Lipinski definition) is 2. The van der Waals surface area contributed by atoms with E-state index in [0.717, 1.165) is 4.47 Å². The molecule has 1 fully saturated rings. The molecule has 6 nitrogen and oxygen atoms in total. The van der Waals surface area contributed by atoms with E-state index in [4.69, 9.17) is 14.6 Å². The first kappa shape index (κ1) is 13.3. The fourth-order valence-corrected chi connectivity index (χ4v) is 1.79. The molecule has 0 saturated carbocycles. The monoisotopic (exact) mass is 316 g/mol. The van der Waals surface area contributed by atoms with Gasteiger partial charge in [0.15, 0.2) is 6.10 Å². The number of aromatic nitrogens is 1. The van der Waals surface area contributed by atoms with Gasteiger partial charge in [-0.25, -0.2) is 4.79 Å². The smallest absolute Gasteiger partial charge is 0.412 e. The Labute approximate surface area is 112 Å². The van der Waals surface area contributed by atoms with Gasteiger partial charge in [0, 0.05) is 23.7 Å². The summed E-state index contributed by atoms with van der Waals surface area (Å²) in [5, 5.41) is 11.5. The van der Waals surface area contributed by atoms with Crippen molar-refractivity contribution in [1.29, 1.82) is 0 Å². The highest BCUT2D eigenvalue weighted by Crippen LogP contribution is 2.20. The van der Waals surface area contributed by atoms with Gasteiger partial charge in [-0.15, -0.1) is 0 Å². The Kier molecular flexibility index (Phi) is 4.51. The van der Waals surface area contributed by atoms with E-state index in [1.54, 1.807) is 12.3 Å². The molecule has 1 aliphatic rings. The van der Waals surface area contributed by atoms with Crippen LogP contribution < -0.4 is 5.32 Å². The van der Waals surface area contributed by atoms with Crippen molar-refractivity contribution in [3.63, 3.8) is 0 Å². The molecule has 1 aliphatic heterocycles. The number of hydrogen-bond acceptors (Lipinski definition) is 5. The second kappa shape index (κ2) is 6.12. The molecule has 2 rings (SSSR count). The van der Waals surface area contributed by atoms with Gasteiger partial charge in [-0.1, -0.05) is 0 Å². The third-order valence-electron chi connectivity index (χ3n) is 2.40. The maximum absolute atomic E-state index is 11.6. The summed E-state index contributed by atoms with van der Waals surface area (Å²) >= 11 is 3.28. The van der Waals surface area contributed by atoms with Crippen molar-refractivity contribution < 1.29 is 19.4 Å². The van der Waals surface area contributed by atoms with Crippen LogP contribution in [0.2, 0.25) is 0 Å². The van der Waals surface area contributed by atoms with Crippen molar-refractivity contribution >= 4 is 27.7 Å². The number of nitrogens with one attached hydrogen (secondary N) is 1. The highest BCUT2D eigenvalue weighted by Gasteiger charge is 2.23. The lowest BCUT2D eigenvalue weighted by Gasteiger charge is -2.25. The molecule has 1 saturated heterocycles. The number of aliphatic hydroxyl groups is 1. The van der Waals surface area contributed by atoms with Crippen molar-refractivity contribution in [2.45, 2.75) is 12.5 Å². The molecule has 18 heavy (non-hydrogen) atoms. The number of ether oxygens (including phenoxy) is 2. The van der Waals surface area contributed by atoms with E-state index in [1.165, 1.54) is 0 Å². The van der Waals surface area contributed by atoms with Crippen LogP contribution in [0.4, 0.5) is 10.5 Å². The summed E-state index contributed by atoms with van der Waals surface area (Å²) in [4.78, 5) is 15.7. The molecule has 1 aromatic heterocycles. The zero-order valence-electron chi connectivity index (χ0n) is 9.56. The molecule has 98 valence electrons. The van der Waals surface area contributed by atoms with E-state index in [0.29, 0.717) is 31.0 Å². The van der Waals surface area contributed by atoms with Crippen LogP contribution in [0.15, 0.2) is 16.7 Å². The van der Waals surface area contributed by atoms with E-state index in [2.05, 4.69) is 26.2 Å². The summed E-state index contributed by atoms with van der Waals surface area (Å²) < 4.78 is 10.7.